The highest BCUT2D eigenvalue weighted by molar-refractivity contribution is 5.98. The van der Waals surface area contributed by atoms with Crippen LogP contribution in [0.4, 0.5) is 5.69 Å². The number of rotatable bonds is 4. The van der Waals surface area contributed by atoms with E-state index in [0.717, 1.165) is 48.3 Å². The summed E-state index contributed by atoms with van der Waals surface area (Å²) in [4.78, 5) is 25.5. The number of benzene rings is 1. The quantitative estimate of drug-likeness (QED) is 0.879. The Morgan fingerprint density at radius 1 is 1.04 bits per heavy atom. The smallest absolute Gasteiger partial charge is 0.246 e. The summed E-state index contributed by atoms with van der Waals surface area (Å²) in [6, 6.07) is 7.19. The maximum Gasteiger partial charge on any atom is 0.246 e. The van der Waals surface area contributed by atoms with E-state index < -0.39 is 6.04 Å². The zero-order valence-corrected chi connectivity index (χ0v) is 15.2. The minimum Gasteiger partial charge on any atom is -0.344 e. The van der Waals surface area contributed by atoms with Gasteiger partial charge in [-0.1, -0.05) is 18.2 Å². The summed E-state index contributed by atoms with van der Waals surface area (Å²) in [7, 11) is 0. The van der Waals surface area contributed by atoms with Crippen LogP contribution in [-0.4, -0.2) is 17.9 Å². The molecule has 0 spiro atoms. The number of hydrogen-bond donors (Lipinski definition) is 2. The van der Waals surface area contributed by atoms with Gasteiger partial charge in [-0.05, 0) is 81.8 Å². The second-order valence-electron chi connectivity index (χ2n) is 8.70. The average Bonchev–Trinajstić information content (AvgIpc) is 2.55. The summed E-state index contributed by atoms with van der Waals surface area (Å²) in [6.07, 6.45) is 7.02. The molecule has 4 aliphatic rings. The number of anilines is 1. The lowest BCUT2D eigenvalue weighted by atomic mass is 9.49. The lowest BCUT2D eigenvalue weighted by Crippen LogP contribution is -2.56. The van der Waals surface area contributed by atoms with Gasteiger partial charge in [0.2, 0.25) is 11.8 Å². The van der Waals surface area contributed by atoms with E-state index in [1.807, 2.05) is 31.2 Å². The minimum absolute atomic E-state index is 0.110. The van der Waals surface area contributed by atoms with Crippen molar-refractivity contribution < 1.29 is 9.59 Å². The lowest BCUT2D eigenvalue weighted by Gasteiger charge is -2.55. The molecule has 2 N–H and O–H groups in total. The molecule has 4 bridgehead atoms. The van der Waals surface area contributed by atoms with Crippen LogP contribution in [0.15, 0.2) is 24.3 Å². The highest BCUT2D eigenvalue weighted by Gasteiger charge is 2.54. The molecule has 134 valence electrons. The average molecular weight is 340 g/mol. The SMILES string of the molecule is Cc1ccccc1NC(=O)[C@H](C)NC(=O)C12CC3CC(CC(C3)C1)C2. The number of aryl methyl sites for hydroxylation is 1. The largest absolute Gasteiger partial charge is 0.344 e. The number of carbonyl (C=O) groups is 2. The second-order valence-corrected chi connectivity index (χ2v) is 8.70. The molecule has 4 fully saturated rings. The van der Waals surface area contributed by atoms with Crippen LogP contribution in [0.5, 0.6) is 0 Å². The first-order chi connectivity index (χ1) is 11.9. The Morgan fingerprint density at radius 2 is 1.60 bits per heavy atom. The van der Waals surface area contributed by atoms with Gasteiger partial charge in [0.1, 0.15) is 6.04 Å². The molecule has 2 amide bonds. The summed E-state index contributed by atoms with van der Waals surface area (Å²) >= 11 is 0. The maximum atomic E-state index is 13.0. The molecule has 1 aromatic carbocycles. The first-order valence-corrected chi connectivity index (χ1v) is 9.63. The normalized spacial score (nSPS) is 33.8. The predicted octanol–water partition coefficient (Wildman–Crippen LogP) is 3.65. The van der Waals surface area contributed by atoms with Crippen molar-refractivity contribution in [2.45, 2.75) is 58.4 Å². The Bertz CT molecular complexity index is 662. The number of hydrogen-bond acceptors (Lipinski definition) is 2. The number of nitrogens with one attached hydrogen (secondary N) is 2. The van der Waals surface area contributed by atoms with Crippen molar-refractivity contribution in [3.63, 3.8) is 0 Å². The second kappa shape index (κ2) is 6.15. The third kappa shape index (κ3) is 3.07. The fraction of sp³-hybridized carbons (Fsp3) is 0.619. The third-order valence-corrected chi connectivity index (χ3v) is 6.66. The first kappa shape index (κ1) is 16.6. The van der Waals surface area contributed by atoms with Crippen molar-refractivity contribution in [3.05, 3.63) is 29.8 Å². The van der Waals surface area contributed by atoms with Gasteiger partial charge in [-0.3, -0.25) is 9.59 Å². The molecule has 4 saturated carbocycles. The number of carbonyl (C=O) groups excluding carboxylic acids is 2. The molecule has 0 heterocycles. The van der Waals surface area contributed by atoms with Crippen LogP contribution in [0.2, 0.25) is 0 Å². The van der Waals surface area contributed by atoms with E-state index >= 15 is 0 Å². The Balaban J connectivity index is 1.40. The van der Waals surface area contributed by atoms with Gasteiger partial charge in [-0.15, -0.1) is 0 Å². The summed E-state index contributed by atoms with van der Waals surface area (Å²) < 4.78 is 0. The number of amides is 2. The maximum absolute atomic E-state index is 13.0. The van der Waals surface area contributed by atoms with Crippen molar-refractivity contribution >= 4 is 17.5 Å². The zero-order valence-electron chi connectivity index (χ0n) is 15.2. The molecule has 4 heteroatoms. The van der Waals surface area contributed by atoms with Gasteiger partial charge in [0.05, 0.1) is 0 Å². The zero-order chi connectivity index (χ0) is 17.6. The van der Waals surface area contributed by atoms with Crippen molar-refractivity contribution in [3.8, 4) is 0 Å². The van der Waals surface area contributed by atoms with Crippen LogP contribution in [0.1, 0.15) is 51.0 Å². The molecule has 25 heavy (non-hydrogen) atoms. The van der Waals surface area contributed by atoms with Crippen molar-refractivity contribution in [2.24, 2.45) is 23.2 Å². The van der Waals surface area contributed by atoms with Crippen molar-refractivity contribution in [1.82, 2.24) is 5.32 Å². The van der Waals surface area contributed by atoms with Gasteiger partial charge < -0.3 is 10.6 Å². The van der Waals surface area contributed by atoms with E-state index in [1.54, 1.807) is 6.92 Å². The summed E-state index contributed by atoms with van der Waals surface area (Å²) in [6.45, 7) is 3.75. The van der Waals surface area contributed by atoms with Gasteiger partial charge in [-0.25, -0.2) is 0 Å². The van der Waals surface area contributed by atoms with Crippen LogP contribution in [-0.2, 0) is 9.59 Å². The van der Waals surface area contributed by atoms with E-state index in [0.29, 0.717) is 0 Å². The fourth-order valence-corrected chi connectivity index (χ4v) is 5.76. The molecule has 0 radical (unpaired) electrons. The van der Waals surface area contributed by atoms with E-state index in [-0.39, 0.29) is 17.2 Å². The lowest BCUT2D eigenvalue weighted by molar-refractivity contribution is -0.147. The van der Waals surface area contributed by atoms with Crippen LogP contribution >= 0.6 is 0 Å². The van der Waals surface area contributed by atoms with Crippen LogP contribution in [0, 0.1) is 30.1 Å². The molecule has 0 aromatic heterocycles. The predicted molar refractivity (Wildman–Crippen MR) is 98.0 cm³/mol. The molecular formula is C21H28N2O2. The Labute approximate surface area is 149 Å². The standard InChI is InChI=1S/C21H28N2O2/c1-13-5-3-4-6-18(13)23-19(24)14(2)22-20(25)21-10-15-7-16(11-21)9-17(8-15)12-21/h3-6,14-17H,7-12H2,1-2H3,(H,22,25)(H,23,24)/t14-,15?,16?,17?,21?/m0/s1. The summed E-state index contributed by atoms with van der Waals surface area (Å²) in [5.41, 5.74) is 1.63. The van der Waals surface area contributed by atoms with Gasteiger partial charge in [-0.2, -0.15) is 0 Å². The Hall–Kier alpha value is -1.84. The highest BCUT2D eigenvalue weighted by atomic mass is 16.2. The van der Waals surface area contributed by atoms with E-state index in [1.165, 1.54) is 19.3 Å². The van der Waals surface area contributed by atoms with Gasteiger partial charge in [0.25, 0.3) is 0 Å². The van der Waals surface area contributed by atoms with E-state index in [2.05, 4.69) is 10.6 Å². The van der Waals surface area contributed by atoms with Gasteiger partial charge in [0.15, 0.2) is 0 Å². The molecule has 5 rings (SSSR count). The first-order valence-electron chi connectivity index (χ1n) is 9.63. The van der Waals surface area contributed by atoms with Crippen molar-refractivity contribution in [2.75, 3.05) is 5.32 Å². The van der Waals surface area contributed by atoms with E-state index in [4.69, 9.17) is 0 Å². The van der Waals surface area contributed by atoms with Crippen LogP contribution in [0.25, 0.3) is 0 Å². The van der Waals surface area contributed by atoms with Gasteiger partial charge >= 0.3 is 0 Å². The highest BCUT2D eigenvalue weighted by Crippen LogP contribution is 2.60. The molecule has 4 nitrogen and oxygen atoms in total. The monoisotopic (exact) mass is 340 g/mol. The molecular weight excluding hydrogens is 312 g/mol. The Kier molecular flexibility index (Phi) is 4.09. The Morgan fingerprint density at radius 3 is 2.16 bits per heavy atom. The molecule has 0 unspecified atom stereocenters. The summed E-state index contributed by atoms with van der Waals surface area (Å²) in [5.74, 6) is 2.15. The molecule has 1 atom stereocenters. The molecule has 0 saturated heterocycles. The molecule has 4 aliphatic carbocycles. The molecule has 1 aromatic rings. The summed E-state index contributed by atoms with van der Waals surface area (Å²) in [5, 5.41) is 5.96. The third-order valence-electron chi connectivity index (χ3n) is 6.66. The molecule has 0 aliphatic heterocycles. The van der Waals surface area contributed by atoms with E-state index in [9.17, 15) is 9.59 Å². The topological polar surface area (TPSA) is 58.2 Å². The van der Waals surface area contributed by atoms with Crippen LogP contribution in [0.3, 0.4) is 0 Å². The van der Waals surface area contributed by atoms with Gasteiger partial charge in [0, 0.05) is 11.1 Å². The van der Waals surface area contributed by atoms with Crippen molar-refractivity contribution in [1.29, 1.82) is 0 Å². The minimum atomic E-state index is -0.514. The number of para-hydroxylation sites is 1. The fourth-order valence-electron chi connectivity index (χ4n) is 5.76. The van der Waals surface area contributed by atoms with Crippen LogP contribution < -0.4 is 10.6 Å².